The number of sulfone groups is 1. The summed E-state index contributed by atoms with van der Waals surface area (Å²) in [6, 6.07) is 10.3. The van der Waals surface area contributed by atoms with Crippen LogP contribution in [-0.4, -0.2) is 67.5 Å². The highest BCUT2D eigenvalue weighted by atomic mass is 32.2. The minimum absolute atomic E-state index is 0.0209. The number of nitrogens with zero attached hydrogens (tertiary/aromatic N) is 1. The second-order valence-electron chi connectivity index (χ2n) is 9.00. The van der Waals surface area contributed by atoms with Crippen molar-refractivity contribution in [1.82, 2.24) is 4.90 Å². The Bertz CT molecular complexity index is 1300. The molecule has 0 spiro atoms. The van der Waals surface area contributed by atoms with Crippen molar-refractivity contribution < 1.29 is 32.3 Å². The normalized spacial score (nSPS) is 18.4. The summed E-state index contributed by atoms with van der Waals surface area (Å²) in [4.78, 5) is 53.2. The zero-order chi connectivity index (χ0) is 24.6. The fourth-order valence-corrected chi connectivity index (χ4v) is 6.20. The molecule has 4 rings (SSSR count). The number of carbonyl (C=O) groups is 4. The van der Waals surface area contributed by atoms with E-state index in [-0.39, 0.29) is 51.0 Å². The van der Waals surface area contributed by atoms with E-state index < -0.39 is 40.1 Å². The maximum Gasteiger partial charge on any atom is 0.339 e. The standard InChI is InChI=1S/C25H25NO7S/c1-15(2)12-26(16-10-11-34(31,32)14-16)21(27)13-33-25(30)20-9-5-8-19-22(20)24(29)18-7-4-3-6-17(18)23(19)28/h3-9,15-16H,10-14H2,1-2H3. The quantitative estimate of drug-likeness (QED) is 0.494. The van der Waals surface area contributed by atoms with Crippen LogP contribution in [0.2, 0.25) is 0 Å². The van der Waals surface area contributed by atoms with Crippen molar-refractivity contribution in [2.75, 3.05) is 24.7 Å². The molecule has 1 saturated heterocycles. The number of benzene rings is 2. The van der Waals surface area contributed by atoms with Gasteiger partial charge in [0.1, 0.15) is 0 Å². The van der Waals surface area contributed by atoms with E-state index in [0.717, 1.165) is 0 Å². The summed E-state index contributed by atoms with van der Waals surface area (Å²) in [6.45, 7) is 3.56. The van der Waals surface area contributed by atoms with Crippen molar-refractivity contribution in [2.45, 2.75) is 26.3 Å². The van der Waals surface area contributed by atoms with Crippen LogP contribution < -0.4 is 0 Å². The smallest absolute Gasteiger partial charge is 0.339 e. The molecular weight excluding hydrogens is 458 g/mol. The number of ether oxygens (including phenoxy) is 1. The Morgan fingerprint density at radius 2 is 1.65 bits per heavy atom. The van der Waals surface area contributed by atoms with Gasteiger partial charge < -0.3 is 9.64 Å². The molecule has 2 aliphatic rings. The lowest BCUT2D eigenvalue weighted by Crippen LogP contribution is -2.45. The Hall–Kier alpha value is -3.33. The Balaban J connectivity index is 1.54. The molecule has 1 aliphatic carbocycles. The zero-order valence-electron chi connectivity index (χ0n) is 18.9. The molecule has 178 valence electrons. The summed E-state index contributed by atoms with van der Waals surface area (Å²) in [5.41, 5.74) is 0.474. The molecule has 2 aromatic carbocycles. The predicted octanol–water partition coefficient (Wildman–Crippen LogP) is 2.29. The van der Waals surface area contributed by atoms with E-state index in [9.17, 15) is 27.6 Å². The van der Waals surface area contributed by atoms with E-state index in [4.69, 9.17) is 4.74 Å². The van der Waals surface area contributed by atoms with Crippen molar-refractivity contribution in [1.29, 1.82) is 0 Å². The highest BCUT2D eigenvalue weighted by molar-refractivity contribution is 7.91. The number of fused-ring (bicyclic) bond motifs is 2. The number of ketones is 2. The molecule has 1 heterocycles. The Kier molecular flexibility index (Phi) is 6.40. The van der Waals surface area contributed by atoms with Crippen LogP contribution in [0.4, 0.5) is 0 Å². The maximum atomic E-state index is 13.1. The predicted molar refractivity (Wildman–Crippen MR) is 124 cm³/mol. The van der Waals surface area contributed by atoms with Crippen LogP contribution in [0.3, 0.4) is 0 Å². The van der Waals surface area contributed by atoms with Crippen molar-refractivity contribution in [3.8, 4) is 0 Å². The fraction of sp³-hybridized carbons (Fsp3) is 0.360. The zero-order valence-corrected chi connectivity index (χ0v) is 19.8. The van der Waals surface area contributed by atoms with Crippen molar-refractivity contribution in [3.63, 3.8) is 0 Å². The first-order chi connectivity index (χ1) is 16.1. The van der Waals surface area contributed by atoms with Gasteiger partial charge in [0, 0.05) is 34.8 Å². The molecule has 34 heavy (non-hydrogen) atoms. The maximum absolute atomic E-state index is 13.1. The number of hydrogen-bond donors (Lipinski definition) is 0. The Labute approximate surface area is 197 Å². The van der Waals surface area contributed by atoms with E-state index in [1.807, 2.05) is 13.8 Å². The van der Waals surface area contributed by atoms with E-state index in [0.29, 0.717) is 13.0 Å². The second-order valence-corrected chi connectivity index (χ2v) is 11.2. The van der Waals surface area contributed by atoms with Gasteiger partial charge in [0.2, 0.25) is 0 Å². The first kappa shape index (κ1) is 23.8. The van der Waals surface area contributed by atoms with Gasteiger partial charge in [-0.05, 0) is 18.4 Å². The molecule has 9 heteroatoms. The number of hydrogen-bond acceptors (Lipinski definition) is 7. The van der Waals surface area contributed by atoms with Gasteiger partial charge in [-0.2, -0.15) is 0 Å². The van der Waals surface area contributed by atoms with Crippen molar-refractivity contribution in [3.05, 3.63) is 70.3 Å². The van der Waals surface area contributed by atoms with E-state index in [2.05, 4.69) is 0 Å². The molecule has 0 N–H and O–H groups in total. The van der Waals surface area contributed by atoms with Gasteiger partial charge in [-0.1, -0.05) is 50.2 Å². The second kappa shape index (κ2) is 9.13. The average molecular weight is 484 g/mol. The molecule has 2 aromatic rings. The fourth-order valence-electron chi connectivity index (χ4n) is 4.47. The number of rotatable bonds is 6. The summed E-state index contributed by atoms with van der Waals surface area (Å²) in [5.74, 6) is -2.21. The molecule has 1 fully saturated rings. The lowest BCUT2D eigenvalue weighted by Gasteiger charge is -2.29. The number of carbonyl (C=O) groups excluding carboxylic acids is 4. The van der Waals surface area contributed by atoms with Crippen LogP contribution in [0.1, 0.15) is 62.5 Å². The third kappa shape index (κ3) is 4.52. The SMILES string of the molecule is CC(C)CN(C(=O)COC(=O)c1cccc2c1C(=O)c1ccccc1C2=O)C1CCS(=O)(=O)C1. The Morgan fingerprint density at radius 1 is 1.00 bits per heavy atom. The van der Waals surface area contributed by atoms with Gasteiger partial charge in [0.25, 0.3) is 5.91 Å². The van der Waals surface area contributed by atoms with Gasteiger partial charge >= 0.3 is 5.97 Å². The number of amides is 1. The van der Waals surface area contributed by atoms with Gasteiger partial charge in [-0.15, -0.1) is 0 Å². The number of esters is 1. The van der Waals surface area contributed by atoms with E-state index in [1.165, 1.54) is 29.2 Å². The molecular formula is C25H25NO7S. The lowest BCUT2D eigenvalue weighted by molar-refractivity contribution is -0.137. The third-order valence-electron chi connectivity index (χ3n) is 6.03. The van der Waals surface area contributed by atoms with Gasteiger partial charge in [-0.25, -0.2) is 13.2 Å². The summed E-state index contributed by atoms with van der Waals surface area (Å²) >= 11 is 0. The topological polar surface area (TPSA) is 115 Å². The van der Waals surface area contributed by atoms with Gasteiger partial charge in [0.15, 0.2) is 28.0 Å². The molecule has 1 atom stereocenters. The monoisotopic (exact) mass is 483 g/mol. The summed E-state index contributed by atoms with van der Waals surface area (Å²) < 4.78 is 29.1. The Morgan fingerprint density at radius 3 is 2.26 bits per heavy atom. The first-order valence-electron chi connectivity index (χ1n) is 11.1. The van der Waals surface area contributed by atoms with Gasteiger partial charge in [0.05, 0.1) is 17.1 Å². The molecule has 0 bridgehead atoms. The molecule has 8 nitrogen and oxygen atoms in total. The van der Waals surface area contributed by atoms with Crippen molar-refractivity contribution in [2.24, 2.45) is 5.92 Å². The highest BCUT2D eigenvalue weighted by Crippen LogP contribution is 2.30. The molecule has 0 radical (unpaired) electrons. The minimum Gasteiger partial charge on any atom is -0.452 e. The molecule has 0 aromatic heterocycles. The van der Waals surface area contributed by atoms with E-state index in [1.54, 1.807) is 18.2 Å². The summed E-state index contributed by atoms with van der Waals surface area (Å²) in [5, 5.41) is 0. The minimum atomic E-state index is -3.20. The van der Waals surface area contributed by atoms with Crippen molar-refractivity contribution >= 4 is 33.3 Å². The highest BCUT2D eigenvalue weighted by Gasteiger charge is 2.36. The first-order valence-corrected chi connectivity index (χ1v) is 12.9. The van der Waals surface area contributed by atoms with Crippen LogP contribution in [0.5, 0.6) is 0 Å². The van der Waals surface area contributed by atoms with Gasteiger partial charge in [-0.3, -0.25) is 14.4 Å². The molecule has 1 amide bonds. The molecule has 0 saturated carbocycles. The van der Waals surface area contributed by atoms with Crippen LogP contribution in [0, 0.1) is 5.92 Å². The largest absolute Gasteiger partial charge is 0.452 e. The van der Waals surface area contributed by atoms with Crippen LogP contribution in [0.15, 0.2) is 42.5 Å². The van der Waals surface area contributed by atoms with Crippen LogP contribution >= 0.6 is 0 Å². The lowest BCUT2D eigenvalue weighted by atomic mass is 9.82. The van der Waals surface area contributed by atoms with E-state index >= 15 is 0 Å². The summed E-state index contributed by atoms with van der Waals surface area (Å²) in [6.07, 6.45) is 0.344. The summed E-state index contributed by atoms with van der Waals surface area (Å²) in [7, 11) is -3.20. The molecule has 1 unspecified atom stereocenters. The van der Waals surface area contributed by atoms with Crippen LogP contribution in [-0.2, 0) is 19.4 Å². The molecule has 1 aliphatic heterocycles. The average Bonchev–Trinajstić information content (AvgIpc) is 3.17. The third-order valence-corrected chi connectivity index (χ3v) is 7.78. The van der Waals surface area contributed by atoms with Crippen LogP contribution in [0.25, 0.3) is 0 Å².